The quantitative estimate of drug-likeness (QED) is 0.828. The van der Waals surface area contributed by atoms with Crippen LogP contribution in [0.25, 0.3) is 0 Å². The molecule has 0 atom stereocenters. The summed E-state index contributed by atoms with van der Waals surface area (Å²) >= 11 is -0.341. The molecule has 1 nitrogen and oxygen atoms in total. The number of benzene rings is 1. The molecular formula is C10H8F6OS. The van der Waals surface area contributed by atoms with Crippen LogP contribution in [0, 0.1) is 0 Å². The molecule has 8 heteroatoms. The second-order valence-electron chi connectivity index (χ2n) is 3.43. The molecule has 0 aliphatic carbocycles. The van der Waals surface area contributed by atoms with Crippen LogP contribution in [-0.2, 0) is 4.75 Å². The topological polar surface area (TPSA) is 20.2 Å². The highest BCUT2D eigenvalue weighted by Crippen LogP contribution is 2.58. The number of thioether (sulfide) groups is 1. The van der Waals surface area contributed by atoms with Gasteiger partial charge in [-0.15, -0.1) is 11.8 Å². The average molecular weight is 290 g/mol. The highest BCUT2D eigenvalue weighted by Gasteiger charge is 2.71. The Morgan fingerprint density at radius 1 is 0.889 bits per heavy atom. The van der Waals surface area contributed by atoms with Crippen LogP contribution in [0.2, 0.25) is 0 Å². The molecule has 0 aliphatic heterocycles. The first-order chi connectivity index (χ1) is 8.06. The maximum Gasteiger partial charge on any atom is 0.416 e. The Hall–Kier alpha value is -1.05. The SMILES string of the molecule is CSC(c1ccc(O)cc1)(C(F)(F)F)C(F)(F)F. The van der Waals surface area contributed by atoms with Crippen LogP contribution in [0.1, 0.15) is 5.56 Å². The van der Waals surface area contributed by atoms with Crippen LogP contribution in [0.4, 0.5) is 26.3 Å². The Labute approximate surface area is 103 Å². The number of halogens is 6. The zero-order chi connectivity index (χ0) is 14.2. The molecule has 1 aromatic rings. The number of aromatic hydroxyl groups is 1. The van der Waals surface area contributed by atoms with Gasteiger partial charge in [0.2, 0.25) is 4.75 Å². The van der Waals surface area contributed by atoms with Crippen LogP contribution in [0.5, 0.6) is 5.75 Å². The molecule has 1 rings (SSSR count). The Morgan fingerprint density at radius 3 is 1.56 bits per heavy atom. The van der Waals surface area contributed by atoms with Gasteiger partial charge in [-0.25, -0.2) is 0 Å². The number of phenols is 1. The molecule has 102 valence electrons. The van der Waals surface area contributed by atoms with E-state index in [2.05, 4.69) is 0 Å². The van der Waals surface area contributed by atoms with Crippen LogP contribution in [0.15, 0.2) is 24.3 Å². The largest absolute Gasteiger partial charge is 0.508 e. The number of hydrogen-bond donors (Lipinski definition) is 1. The van der Waals surface area contributed by atoms with Gasteiger partial charge < -0.3 is 5.11 Å². The lowest BCUT2D eigenvalue weighted by Gasteiger charge is -2.36. The van der Waals surface area contributed by atoms with Crippen molar-refractivity contribution < 1.29 is 31.4 Å². The van der Waals surface area contributed by atoms with Crippen molar-refractivity contribution in [2.24, 2.45) is 0 Å². The van der Waals surface area contributed by atoms with Crippen molar-refractivity contribution in [3.63, 3.8) is 0 Å². The summed E-state index contributed by atoms with van der Waals surface area (Å²) in [5, 5.41) is 8.93. The summed E-state index contributed by atoms with van der Waals surface area (Å²) in [6, 6.07) is 2.81. The predicted molar refractivity (Wildman–Crippen MR) is 55.4 cm³/mol. The summed E-state index contributed by atoms with van der Waals surface area (Å²) in [7, 11) is 0. The minimum atomic E-state index is -5.50. The zero-order valence-electron chi connectivity index (χ0n) is 8.93. The summed E-state index contributed by atoms with van der Waals surface area (Å²) < 4.78 is 73.1. The van der Waals surface area contributed by atoms with Gasteiger partial charge in [0.15, 0.2) is 0 Å². The van der Waals surface area contributed by atoms with E-state index >= 15 is 0 Å². The molecule has 1 aromatic carbocycles. The van der Waals surface area contributed by atoms with Crippen molar-refractivity contribution in [1.29, 1.82) is 0 Å². The van der Waals surface area contributed by atoms with Gasteiger partial charge >= 0.3 is 12.4 Å². The normalized spacial score (nSPS) is 13.7. The highest BCUT2D eigenvalue weighted by atomic mass is 32.2. The Morgan fingerprint density at radius 2 is 1.28 bits per heavy atom. The molecule has 0 unspecified atom stereocenters. The summed E-state index contributed by atoms with van der Waals surface area (Å²) in [5.74, 6) is -0.405. The Bertz CT molecular complexity index is 394. The van der Waals surface area contributed by atoms with Crippen molar-refractivity contribution in [1.82, 2.24) is 0 Å². The monoisotopic (exact) mass is 290 g/mol. The first kappa shape index (κ1) is 15.0. The maximum absolute atomic E-state index is 12.9. The van der Waals surface area contributed by atoms with Gasteiger partial charge in [-0.1, -0.05) is 12.1 Å². The number of alkyl halides is 6. The van der Waals surface area contributed by atoms with Crippen LogP contribution < -0.4 is 0 Å². The molecule has 0 saturated carbocycles. The van der Waals surface area contributed by atoms with Gasteiger partial charge in [0.05, 0.1) is 0 Å². The lowest BCUT2D eigenvalue weighted by Crippen LogP contribution is -2.51. The molecule has 0 bridgehead atoms. The van der Waals surface area contributed by atoms with Crippen molar-refractivity contribution in [3.8, 4) is 5.75 Å². The van der Waals surface area contributed by atoms with E-state index < -0.39 is 28.4 Å². The Balaban J connectivity index is 3.51. The summed E-state index contributed by atoms with van der Waals surface area (Å²) in [4.78, 5) is 0. The molecule has 0 amide bonds. The fourth-order valence-electron chi connectivity index (χ4n) is 1.53. The zero-order valence-corrected chi connectivity index (χ0v) is 9.75. The minimum Gasteiger partial charge on any atom is -0.508 e. The van der Waals surface area contributed by atoms with E-state index in [1.807, 2.05) is 0 Å². The highest BCUT2D eigenvalue weighted by molar-refractivity contribution is 7.99. The summed E-state index contributed by atoms with van der Waals surface area (Å²) in [6.07, 6.45) is -10.3. The first-order valence-electron chi connectivity index (χ1n) is 4.54. The molecule has 1 N–H and O–H groups in total. The molecule has 0 heterocycles. The minimum absolute atomic E-state index is 0.341. The Kier molecular flexibility index (Phi) is 3.81. The third-order valence-corrected chi connectivity index (χ3v) is 3.69. The van der Waals surface area contributed by atoms with E-state index in [4.69, 9.17) is 5.11 Å². The third-order valence-electron chi connectivity index (χ3n) is 2.38. The smallest absolute Gasteiger partial charge is 0.416 e. The van der Waals surface area contributed by atoms with Gasteiger partial charge in [0.1, 0.15) is 5.75 Å². The van der Waals surface area contributed by atoms with Gasteiger partial charge in [-0.05, 0) is 24.0 Å². The van der Waals surface area contributed by atoms with E-state index in [9.17, 15) is 26.3 Å². The second-order valence-corrected chi connectivity index (χ2v) is 4.45. The van der Waals surface area contributed by atoms with Crippen LogP contribution in [0.3, 0.4) is 0 Å². The van der Waals surface area contributed by atoms with Crippen molar-refractivity contribution in [2.75, 3.05) is 6.26 Å². The van der Waals surface area contributed by atoms with Crippen LogP contribution in [-0.4, -0.2) is 23.7 Å². The first-order valence-corrected chi connectivity index (χ1v) is 5.77. The van der Waals surface area contributed by atoms with E-state index in [1.165, 1.54) is 0 Å². The molecule has 0 spiro atoms. The molecule has 0 fully saturated rings. The fraction of sp³-hybridized carbons (Fsp3) is 0.400. The van der Waals surface area contributed by atoms with Gasteiger partial charge in [0, 0.05) is 0 Å². The van der Waals surface area contributed by atoms with Gasteiger partial charge in [-0.3, -0.25) is 0 Å². The van der Waals surface area contributed by atoms with Crippen molar-refractivity contribution in [3.05, 3.63) is 29.8 Å². The molecule has 18 heavy (non-hydrogen) atoms. The number of hydrogen-bond acceptors (Lipinski definition) is 2. The summed E-state index contributed by atoms with van der Waals surface area (Å²) in [5.41, 5.74) is -0.965. The van der Waals surface area contributed by atoms with E-state index in [0.29, 0.717) is 12.1 Å². The standard InChI is InChI=1S/C10H8F6OS/c1-18-8(9(11,12)13,10(14,15)16)6-2-4-7(17)5-3-6/h2-5,17H,1H3. The summed E-state index contributed by atoms with van der Waals surface area (Å²) in [6.45, 7) is 0. The lowest BCUT2D eigenvalue weighted by molar-refractivity contribution is -0.268. The van der Waals surface area contributed by atoms with Crippen molar-refractivity contribution >= 4 is 11.8 Å². The fourth-order valence-corrected chi connectivity index (χ4v) is 2.37. The van der Waals surface area contributed by atoms with Gasteiger partial charge in [-0.2, -0.15) is 26.3 Å². The average Bonchev–Trinajstić information content (AvgIpc) is 2.18. The number of phenolic OH excluding ortho intramolecular Hbond substituents is 1. The lowest BCUT2D eigenvalue weighted by atomic mass is 9.96. The van der Waals surface area contributed by atoms with E-state index in [0.717, 1.165) is 18.4 Å². The molecule has 0 aromatic heterocycles. The molecular weight excluding hydrogens is 282 g/mol. The van der Waals surface area contributed by atoms with E-state index in [1.54, 1.807) is 0 Å². The molecule has 0 radical (unpaired) electrons. The predicted octanol–water partition coefficient (Wildman–Crippen LogP) is 4.08. The maximum atomic E-state index is 12.9. The van der Waals surface area contributed by atoms with Crippen molar-refractivity contribution in [2.45, 2.75) is 17.1 Å². The molecule has 0 saturated heterocycles. The van der Waals surface area contributed by atoms with Gasteiger partial charge in [0.25, 0.3) is 0 Å². The van der Waals surface area contributed by atoms with E-state index in [-0.39, 0.29) is 11.8 Å². The third kappa shape index (κ3) is 2.25. The second kappa shape index (κ2) is 4.56. The van der Waals surface area contributed by atoms with Crippen LogP contribution >= 0.6 is 11.8 Å². The molecule has 0 aliphatic rings. The number of rotatable bonds is 2.